The van der Waals surface area contributed by atoms with Crippen LogP contribution in [-0.2, 0) is 12.5 Å². The molecular formula is C20H13ClF5N5O3. The predicted octanol–water partition coefficient (Wildman–Crippen LogP) is 4.48. The normalized spacial score (nSPS) is 11.5. The minimum Gasteiger partial charge on any atom is -0.448 e. The van der Waals surface area contributed by atoms with Crippen LogP contribution in [0.5, 0.6) is 11.5 Å². The Morgan fingerprint density at radius 1 is 1.29 bits per heavy atom. The van der Waals surface area contributed by atoms with Crippen molar-refractivity contribution in [2.24, 2.45) is 0 Å². The molecule has 2 heterocycles. The van der Waals surface area contributed by atoms with Crippen LogP contribution >= 0.6 is 11.6 Å². The monoisotopic (exact) mass is 501 g/mol. The molecule has 0 saturated carbocycles. The molecule has 0 aliphatic rings. The van der Waals surface area contributed by atoms with Crippen molar-refractivity contribution in [2.45, 2.75) is 32.7 Å². The number of rotatable bonds is 6. The number of halogens is 6. The molecule has 0 amide bonds. The number of benzene rings is 1. The minimum absolute atomic E-state index is 0.0435. The molecule has 0 saturated heterocycles. The van der Waals surface area contributed by atoms with Gasteiger partial charge in [-0.3, -0.25) is 14.2 Å². The summed E-state index contributed by atoms with van der Waals surface area (Å²) >= 11 is 5.77. The van der Waals surface area contributed by atoms with E-state index < -0.39 is 58.7 Å². The highest BCUT2D eigenvalue weighted by Gasteiger charge is 2.48. The van der Waals surface area contributed by atoms with E-state index in [1.165, 1.54) is 13.8 Å². The topological polar surface area (TPSA) is 94.2 Å². The first kappa shape index (κ1) is 24.8. The summed E-state index contributed by atoms with van der Waals surface area (Å²) < 4.78 is 74.7. The zero-order chi connectivity index (χ0) is 25.4. The maximum Gasteiger partial charge on any atom is 0.352 e. The van der Waals surface area contributed by atoms with Gasteiger partial charge in [-0.2, -0.15) is 8.78 Å². The van der Waals surface area contributed by atoms with Crippen molar-refractivity contribution in [1.82, 2.24) is 19.5 Å². The molecule has 0 aliphatic carbocycles. The van der Waals surface area contributed by atoms with Crippen molar-refractivity contribution in [3.8, 4) is 11.5 Å². The van der Waals surface area contributed by atoms with E-state index in [2.05, 4.69) is 19.8 Å². The van der Waals surface area contributed by atoms with E-state index in [-0.39, 0.29) is 22.1 Å². The SMILES string of the molecule is [C-]#[N+]c1cc(Cl)cc(Oc2c(C(F)(F)C(F)F)ncn(Cc3c(C)nc(C)[nH]c3=O)c2=O)c1F. The third-order valence-corrected chi connectivity index (χ3v) is 4.79. The van der Waals surface area contributed by atoms with Crippen LogP contribution in [-0.4, -0.2) is 25.9 Å². The molecule has 0 atom stereocenters. The van der Waals surface area contributed by atoms with Crippen LogP contribution in [0.1, 0.15) is 22.8 Å². The van der Waals surface area contributed by atoms with Gasteiger partial charge in [-0.05, 0) is 26.0 Å². The number of aryl methyl sites for hydroxylation is 2. The summed E-state index contributed by atoms with van der Waals surface area (Å²) in [7, 11) is 0. The molecule has 2 aromatic heterocycles. The lowest BCUT2D eigenvalue weighted by molar-refractivity contribution is -0.139. The van der Waals surface area contributed by atoms with Crippen LogP contribution in [0.15, 0.2) is 28.0 Å². The molecule has 8 nitrogen and oxygen atoms in total. The maximum absolute atomic E-state index is 14.5. The fraction of sp³-hybridized carbons (Fsp3) is 0.250. The Bertz CT molecular complexity index is 1430. The average Bonchev–Trinajstić information content (AvgIpc) is 2.74. The zero-order valence-electron chi connectivity index (χ0n) is 17.3. The number of aromatic nitrogens is 4. The highest BCUT2D eigenvalue weighted by molar-refractivity contribution is 6.31. The summed E-state index contributed by atoms with van der Waals surface area (Å²) in [4.78, 5) is 37.8. The quantitative estimate of drug-likeness (QED) is 0.397. The molecule has 14 heteroatoms. The molecule has 0 spiro atoms. The molecule has 178 valence electrons. The molecular weight excluding hydrogens is 489 g/mol. The summed E-state index contributed by atoms with van der Waals surface area (Å²) in [6.07, 6.45) is -3.76. The standard InChI is InChI=1S/C20H13ClF5N5O3/c1-8-11(17(32)30-9(2)29-8)6-31-7-28-16(20(25,26)19(23)24)15(18(31)33)34-13-5-10(21)4-12(27-3)14(13)22/h4-5,7,19H,6H2,1-2H3,(H,29,30,32). The lowest BCUT2D eigenvalue weighted by Crippen LogP contribution is -2.33. The van der Waals surface area contributed by atoms with Crippen molar-refractivity contribution in [1.29, 1.82) is 0 Å². The molecule has 1 N–H and O–H groups in total. The first-order valence-electron chi connectivity index (χ1n) is 9.23. The van der Waals surface area contributed by atoms with E-state index in [0.29, 0.717) is 10.9 Å². The van der Waals surface area contributed by atoms with E-state index in [1.54, 1.807) is 0 Å². The Morgan fingerprint density at radius 2 is 1.97 bits per heavy atom. The van der Waals surface area contributed by atoms with Crippen molar-refractivity contribution in [3.05, 3.63) is 84.2 Å². The Morgan fingerprint density at radius 3 is 2.56 bits per heavy atom. The van der Waals surface area contributed by atoms with E-state index in [9.17, 15) is 31.5 Å². The van der Waals surface area contributed by atoms with Crippen LogP contribution in [0, 0.1) is 26.2 Å². The van der Waals surface area contributed by atoms with Gasteiger partial charge in [0, 0.05) is 10.7 Å². The number of hydrogen-bond donors (Lipinski definition) is 1. The van der Waals surface area contributed by atoms with Crippen LogP contribution in [0.2, 0.25) is 5.02 Å². The first-order valence-corrected chi connectivity index (χ1v) is 9.61. The number of H-pyrrole nitrogens is 1. The van der Waals surface area contributed by atoms with E-state index in [4.69, 9.17) is 22.9 Å². The summed E-state index contributed by atoms with van der Waals surface area (Å²) in [5.74, 6) is -8.41. The van der Waals surface area contributed by atoms with Crippen molar-refractivity contribution in [2.75, 3.05) is 0 Å². The van der Waals surface area contributed by atoms with Gasteiger partial charge < -0.3 is 9.72 Å². The van der Waals surface area contributed by atoms with Gasteiger partial charge in [0.2, 0.25) is 11.4 Å². The number of hydrogen-bond acceptors (Lipinski definition) is 5. The lowest BCUT2D eigenvalue weighted by atomic mass is 10.2. The van der Waals surface area contributed by atoms with Crippen LogP contribution in [0.25, 0.3) is 4.85 Å². The Labute approximate surface area is 192 Å². The molecule has 0 aliphatic heterocycles. The molecule has 0 unspecified atom stereocenters. The highest BCUT2D eigenvalue weighted by atomic mass is 35.5. The summed E-state index contributed by atoms with van der Waals surface area (Å²) in [6, 6.07) is 1.68. The smallest absolute Gasteiger partial charge is 0.352 e. The van der Waals surface area contributed by atoms with Gasteiger partial charge in [0.1, 0.15) is 5.82 Å². The van der Waals surface area contributed by atoms with Crippen LogP contribution in [0.3, 0.4) is 0 Å². The molecule has 0 radical (unpaired) electrons. The first-order chi connectivity index (χ1) is 15.9. The van der Waals surface area contributed by atoms with Crippen LogP contribution in [0.4, 0.5) is 27.6 Å². The third kappa shape index (κ3) is 4.62. The van der Waals surface area contributed by atoms with Crippen LogP contribution < -0.4 is 15.9 Å². The van der Waals surface area contributed by atoms with Gasteiger partial charge in [0.25, 0.3) is 11.1 Å². The molecule has 34 heavy (non-hydrogen) atoms. The van der Waals surface area contributed by atoms with Gasteiger partial charge in [-0.25, -0.2) is 28.0 Å². The largest absolute Gasteiger partial charge is 0.448 e. The van der Waals surface area contributed by atoms with E-state index >= 15 is 0 Å². The predicted molar refractivity (Wildman–Crippen MR) is 110 cm³/mol. The molecule has 0 fully saturated rings. The van der Waals surface area contributed by atoms with E-state index in [0.717, 1.165) is 12.1 Å². The zero-order valence-corrected chi connectivity index (χ0v) is 18.1. The second-order valence-electron chi connectivity index (χ2n) is 6.95. The number of ether oxygens (including phenoxy) is 1. The minimum atomic E-state index is -4.95. The Kier molecular flexibility index (Phi) is 6.74. The third-order valence-electron chi connectivity index (χ3n) is 4.57. The van der Waals surface area contributed by atoms with Gasteiger partial charge in [-0.1, -0.05) is 11.6 Å². The molecule has 1 aromatic carbocycles. The van der Waals surface area contributed by atoms with Crippen molar-refractivity contribution in [3.63, 3.8) is 0 Å². The van der Waals surface area contributed by atoms with Gasteiger partial charge in [0.15, 0.2) is 17.3 Å². The van der Waals surface area contributed by atoms with E-state index in [1.807, 2.05) is 0 Å². The second kappa shape index (κ2) is 9.22. The fourth-order valence-corrected chi connectivity index (χ4v) is 3.14. The average molecular weight is 502 g/mol. The Hall–Kier alpha value is -3.79. The van der Waals surface area contributed by atoms with Crippen molar-refractivity contribution >= 4 is 17.3 Å². The number of nitrogens with zero attached hydrogens (tertiary/aromatic N) is 4. The summed E-state index contributed by atoms with van der Waals surface area (Å²) in [5, 5.41) is -0.248. The second-order valence-corrected chi connectivity index (χ2v) is 7.38. The number of aromatic amines is 1. The van der Waals surface area contributed by atoms with Gasteiger partial charge in [0.05, 0.1) is 25.0 Å². The lowest BCUT2D eigenvalue weighted by Gasteiger charge is -2.19. The van der Waals surface area contributed by atoms with Gasteiger partial charge >= 0.3 is 12.3 Å². The highest BCUT2D eigenvalue weighted by Crippen LogP contribution is 2.40. The fourth-order valence-electron chi connectivity index (χ4n) is 2.94. The molecule has 3 rings (SSSR count). The number of nitrogens with one attached hydrogen (secondary N) is 1. The summed E-state index contributed by atoms with van der Waals surface area (Å²) in [6.45, 7) is 9.38. The Balaban J connectivity index is 2.23. The van der Waals surface area contributed by atoms with Gasteiger partial charge in [-0.15, -0.1) is 0 Å². The maximum atomic E-state index is 14.5. The molecule has 3 aromatic rings. The number of alkyl halides is 4. The summed E-state index contributed by atoms with van der Waals surface area (Å²) in [5.41, 5.74) is -4.32. The van der Waals surface area contributed by atoms with Crippen molar-refractivity contribution < 1.29 is 26.7 Å². The molecule has 0 bridgehead atoms.